The fraction of sp³-hybridized carbons (Fsp3) is 0.286. The van der Waals surface area contributed by atoms with Crippen molar-refractivity contribution in [1.29, 1.82) is 0 Å². The van der Waals surface area contributed by atoms with E-state index in [0.717, 1.165) is 30.9 Å². The molecule has 31 heavy (non-hydrogen) atoms. The standard InChI is InChI=1S/C21H19FN8O/c22-14-3-1-9-30-17(14)11-16(27-30)19-18-15(23-12-24-18)5-10-29(19)20-13(4-6-25-26-20)21(31)28-7-2-8-28/h1,3-4,6,9,11-12,19H,2,5,7-8,10H2,(H,23,24)/t19-/m0/s1. The van der Waals surface area contributed by atoms with Gasteiger partial charge in [0.25, 0.3) is 5.91 Å². The highest BCUT2D eigenvalue weighted by molar-refractivity contribution is 5.99. The van der Waals surface area contributed by atoms with E-state index in [1.54, 1.807) is 35.6 Å². The molecule has 2 aliphatic rings. The van der Waals surface area contributed by atoms with Crippen LogP contribution >= 0.6 is 0 Å². The molecule has 6 heterocycles. The van der Waals surface area contributed by atoms with E-state index in [9.17, 15) is 9.18 Å². The van der Waals surface area contributed by atoms with Crippen LogP contribution in [0, 0.1) is 5.82 Å². The number of carbonyl (C=O) groups is 1. The highest BCUT2D eigenvalue weighted by atomic mass is 19.1. The number of fused-ring (bicyclic) bond motifs is 2. The minimum Gasteiger partial charge on any atom is -0.348 e. The number of anilines is 1. The van der Waals surface area contributed by atoms with Crippen molar-refractivity contribution in [3.8, 4) is 0 Å². The molecule has 9 nitrogen and oxygen atoms in total. The Balaban J connectivity index is 1.50. The maximum atomic E-state index is 14.4. The van der Waals surface area contributed by atoms with Gasteiger partial charge in [0.15, 0.2) is 5.82 Å². The van der Waals surface area contributed by atoms with Crippen LogP contribution < -0.4 is 4.90 Å². The average Bonchev–Trinajstić information content (AvgIpc) is 3.39. The maximum Gasteiger partial charge on any atom is 0.257 e. The van der Waals surface area contributed by atoms with Gasteiger partial charge >= 0.3 is 0 Å². The molecule has 1 N–H and O–H groups in total. The zero-order chi connectivity index (χ0) is 20.9. The van der Waals surface area contributed by atoms with Crippen LogP contribution in [-0.4, -0.2) is 60.2 Å². The lowest BCUT2D eigenvalue weighted by atomic mass is 9.98. The van der Waals surface area contributed by atoms with Gasteiger partial charge in [-0.1, -0.05) is 0 Å². The second kappa shape index (κ2) is 6.86. The Morgan fingerprint density at radius 1 is 1.23 bits per heavy atom. The summed E-state index contributed by atoms with van der Waals surface area (Å²) in [6.07, 6.45) is 6.62. The van der Waals surface area contributed by atoms with Crippen LogP contribution in [0.5, 0.6) is 0 Å². The number of imidazole rings is 1. The lowest BCUT2D eigenvalue weighted by Gasteiger charge is -2.37. The summed E-state index contributed by atoms with van der Waals surface area (Å²) in [7, 11) is 0. The molecular weight excluding hydrogens is 399 g/mol. The summed E-state index contributed by atoms with van der Waals surface area (Å²) in [5, 5.41) is 13.0. The smallest absolute Gasteiger partial charge is 0.257 e. The molecule has 2 aliphatic heterocycles. The van der Waals surface area contributed by atoms with E-state index in [1.807, 2.05) is 4.90 Å². The van der Waals surface area contributed by atoms with E-state index < -0.39 is 6.04 Å². The van der Waals surface area contributed by atoms with Gasteiger partial charge in [-0.25, -0.2) is 13.9 Å². The van der Waals surface area contributed by atoms with Crippen LogP contribution in [0.25, 0.3) is 5.52 Å². The zero-order valence-electron chi connectivity index (χ0n) is 16.6. The molecule has 10 heteroatoms. The van der Waals surface area contributed by atoms with Crippen molar-refractivity contribution in [3.63, 3.8) is 0 Å². The van der Waals surface area contributed by atoms with E-state index in [-0.39, 0.29) is 11.7 Å². The first kappa shape index (κ1) is 18.0. The van der Waals surface area contributed by atoms with Gasteiger partial charge in [0.05, 0.1) is 29.5 Å². The van der Waals surface area contributed by atoms with Crippen LogP contribution in [0.4, 0.5) is 10.2 Å². The SMILES string of the molecule is O=C(c1ccnnc1N1CCc2[nH]cnc2[C@@H]1c1cc2c(F)cccn2n1)N1CCC1. The summed E-state index contributed by atoms with van der Waals surface area (Å²) in [5.74, 6) is 0.0957. The van der Waals surface area contributed by atoms with Crippen molar-refractivity contribution in [2.75, 3.05) is 24.5 Å². The van der Waals surface area contributed by atoms with Gasteiger partial charge in [-0.15, -0.1) is 5.10 Å². The highest BCUT2D eigenvalue weighted by Crippen LogP contribution is 2.37. The van der Waals surface area contributed by atoms with Gasteiger partial charge in [-0.3, -0.25) is 4.79 Å². The maximum absolute atomic E-state index is 14.4. The average molecular weight is 418 g/mol. The van der Waals surface area contributed by atoms with Gasteiger partial charge < -0.3 is 14.8 Å². The number of aromatic amines is 1. The molecule has 0 bridgehead atoms. The lowest BCUT2D eigenvalue weighted by molar-refractivity contribution is 0.0651. The van der Waals surface area contributed by atoms with Crippen molar-refractivity contribution < 1.29 is 9.18 Å². The Hall–Kier alpha value is -3.82. The molecule has 0 radical (unpaired) electrons. The van der Waals surface area contributed by atoms with E-state index in [2.05, 4.69) is 25.3 Å². The third-order valence-corrected chi connectivity index (χ3v) is 6.02. The Morgan fingerprint density at radius 3 is 2.94 bits per heavy atom. The van der Waals surface area contributed by atoms with Crippen LogP contribution in [-0.2, 0) is 6.42 Å². The summed E-state index contributed by atoms with van der Waals surface area (Å²) in [6, 6.07) is 6.04. The summed E-state index contributed by atoms with van der Waals surface area (Å²) >= 11 is 0. The van der Waals surface area contributed by atoms with Crippen molar-refractivity contribution >= 4 is 17.2 Å². The number of likely N-dealkylation sites (tertiary alicyclic amines) is 1. The van der Waals surface area contributed by atoms with Gasteiger partial charge in [0.2, 0.25) is 0 Å². The molecule has 0 unspecified atom stereocenters. The molecule has 4 aromatic heterocycles. The number of rotatable bonds is 3. The third kappa shape index (κ3) is 2.78. The number of aromatic nitrogens is 6. The lowest BCUT2D eigenvalue weighted by Crippen LogP contribution is -2.44. The summed E-state index contributed by atoms with van der Waals surface area (Å²) in [4.78, 5) is 24.6. The fourth-order valence-electron chi connectivity index (χ4n) is 4.33. The number of nitrogens with one attached hydrogen (secondary N) is 1. The van der Waals surface area contributed by atoms with Crippen LogP contribution in [0.3, 0.4) is 0 Å². The Morgan fingerprint density at radius 2 is 2.13 bits per heavy atom. The second-order valence-electron chi connectivity index (χ2n) is 7.78. The molecule has 6 rings (SSSR count). The molecule has 0 spiro atoms. The van der Waals surface area contributed by atoms with Crippen LogP contribution in [0.1, 0.15) is 39.9 Å². The van der Waals surface area contributed by atoms with Crippen molar-refractivity contribution in [1.82, 2.24) is 34.7 Å². The Labute approximate surface area is 176 Å². The molecule has 1 amide bonds. The zero-order valence-corrected chi connectivity index (χ0v) is 16.6. The molecule has 4 aromatic rings. The first-order valence-corrected chi connectivity index (χ1v) is 10.2. The Bertz CT molecular complexity index is 1290. The first-order chi connectivity index (χ1) is 15.2. The molecule has 0 aliphatic carbocycles. The van der Waals surface area contributed by atoms with E-state index in [4.69, 9.17) is 0 Å². The summed E-state index contributed by atoms with van der Waals surface area (Å²) in [6.45, 7) is 2.09. The summed E-state index contributed by atoms with van der Waals surface area (Å²) in [5.41, 5.74) is 3.32. The molecule has 0 saturated carbocycles. The largest absolute Gasteiger partial charge is 0.348 e. The third-order valence-electron chi connectivity index (χ3n) is 6.02. The number of nitrogens with zero attached hydrogens (tertiary/aromatic N) is 7. The molecular formula is C21H19FN8O. The number of carbonyl (C=O) groups excluding carboxylic acids is 1. The second-order valence-corrected chi connectivity index (χ2v) is 7.78. The molecule has 156 valence electrons. The number of hydrogen-bond donors (Lipinski definition) is 1. The minimum absolute atomic E-state index is 0.0521. The van der Waals surface area contributed by atoms with Crippen molar-refractivity contribution in [2.24, 2.45) is 0 Å². The van der Waals surface area contributed by atoms with Gasteiger partial charge in [0, 0.05) is 37.9 Å². The fourth-order valence-corrected chi connectivity index (χ4v) is 4.33. The predicted octanol–water partition coefficient (Wildman–Crippen LogP) is 1.98. The molecule has 1 fully saturated rings. The Kier molecular flexibility index (Phi) is 3.98. The number of amides is 1. The van der Waals surface area contributed by atoms with Crippen molar-refractivity contribution in [2.45, 2.75) is 18.9 Å². The van der Waals surface area contributed by atoms with E-state index in [0.29, 0.717) is 35.6 Å². The number of hydrogen-bond acceptors (Lipinski definition) is 6. The van der Waals surface area contributed by atoms with E-state index >= 15 is 0 Å². The monoisotopic (exact) mass is 418 g/mol. The number of pyridine rings is 1. The van der Waals surface area contributed by atoms with Gasteiger partial charge in [-0.2, -0.15) is 10.2 Å². The first-order valence-electron chi connectivity index (χ1n) is 10.2. The van der Waals surface area contributed by atoms with Crippen LogP contribution in [0.15, 0.2) is 43.0 Å². The van der Waals surface area contributed by atoms with Gasteiger partial charge in [-0.05, 0) is 30.7 Å². The van der Waals surface area contributed by atoms with Gasteiger partial charge in [0.1, 0.15) is 17.4 Å². The quantitative estimate of drug-likeness (QED) is 0.547. The van der Waals surface area contributed by atoms with E-state index in [1.165, 1.54) is 16.8 Å². The normalized spacial score (nSPS) is 18.2. The summed E-state index contributed by atoms with van der Waals surface area (Å²) < 4.78 is 15.9. The number of halogens is 1. The van der Waals surface area contributed by atoms with Crippen LogP contribution in [0.2, 0.25) is 0 Å². The topological polar surface area (TPSA) is 95.3 Å². The molecule has 1 atom stereocenters. The predicted molar refractivity (Wildman–Crippen MR) is 109 cm³/mol. The molecule has 1 saturated heterocycles. The number of H-pyrrole nitrogens is 1. The van der Waals surface area contributed by atoms with Crippen molar-refractivity contribution in [3.05, 3.63) is 71.4 Å². The molecule has 0 aromatic carbocycles. The minimum atomic E-state index is -0.422. The highest BCUT2D eigenvalue weighted by Gasteiger charge is 2.37.